The minimum atomic E-state index is 0.106. The Labute approximate surface area is 110 Å². The molecule has 1 aromatic carbocycles. The van der Waals surface area contributed by atoms with Crippen molar-refractivity contribution < 1.29 is 4.79 Å². The zero-order valence-electron chi connectivity index (χ0n) is 11.7. The second kappa shape index (κ2) is 7.75. The highest BCUT2D eigenvalue weighted by atomic mass is 16.2. The van der Waals surface area contributed by atoms with Gasteiger partial charge in [0.15, 0.2) is 0 Å². The first-order chi connectivity index (χ1) is 8.69. The highest BCUT2D eigenvalue weighted by molar-refractivity contribution is 5.94. The Morgan fingerprint density at radius 3 is 2.39 bits per heavy atom. The van der Waals surface area contributed by atoms with E-state index in [1.54, 1.807) is 4.90 Å². The van der Waals surface area contributed by atoms with Gasteiger partial charge in [-0.15, -0.1) is 0 Å². The number of unbranched alkanes of at least 4 members (excludes halogenated alkanes) is 2. The van der Waals surface area contributed by atoms with Crippen molar-refractivity contribution in [1.29, 1.82) is 0 Å². The van der Waals surface area contributed by atoms with Gasteiger partial charge in [-0.25, -0.2) is 0 Å². The number of nitrogens with one attached hydrogen (secondary N) is 1. The molecule has 0 unspecified atom stereocenters. The molecular weight excluding hydrogens is 224 g/mol. The van der Waals surface area contributed by atoms with Gasteiger partial charge in [-0.3, -0.25) is 4.79 Å². The molecule has 0 aliphatic heterocycles. The summed E-state index contributed by atoms with van der Waals surface area (Å²) in [5.74, 6) is 0.106. The van der Waals surface area contributed by atoms with E-state index in [-0.39, 0.29) is 5.91 Å². The van der Waals surface area contributed by atoms with E-state index in [1.165, 1.54) is 12.8 Å². The van der Waals surface area contributed by atoms with Gasteiger partial charge in [0, 0.05) is 31.4 Å². The Morgan fingerprint density at radius 1 is 1.17 bits per heavy atom. The number of hydrogen-bond donors (Lipinski definition) is 1. The predicted octanol–water partition coefficient (Wildman–Crippen LogP) is 3.38. The first-order valence-electron chi connectivity index (χ1n) is 6.78. The van der Waals surface area contributed by atoms with Gasteiger partial charge in [-0.05, 0) is 37.6 Å². The lowest BCUT2D eigenvalue weighted by molar-refractivity contribution is 0.0792. The number of nitrogens with zero attached hydrogens (tertiary/aromatic N) is 1. The lowest BCUT2D eigenvalue weighted by Crippen LogP contribution is -2.27. The van der Waals surface area contributed by atoms with Gasteiger partial charge < -0.3 is 10.2 Å². The second-order valence-electron chi connectivity index (χ2n) is 4.54. The van der Waals surface area contributed by atoms with Crippen molar-refractivity contribution in [2.45, 2.75) is 33.1 Å². The molecule has 100 valence electrons. The fourth-order valence-electron chi connectivity index (χ4n) is 1.86. The zero-order valence-corrected chi connectivity index (χ0v) is 11.7. The standard InChI is InChI=1S/C15H24N2O/c1-4-6-7-12-17(3)15(18)13-8-10-14(11-9-13)16-5-2/h8-11,16H,4-7,12H2,1-3H3. The number of benzene rings is 1. The van der Waals surface area contributed by atoms with Gasteiger partial charge >= 0.3 is 0 Å². The van der Waals surface area contributed by atoms with Gasteiger partial charge in [-0.2, -0.15) is 0 Å². The topological polar surface area (TPSA) is 32.3 Å². The summed E-state index contributed by atoms with van der Waals surface area (Å²) in [6, 6.07) is 7.68. The molecule has 0 radical (unpaired) electrons. The Balaban J connectivity index is 2.54. The molecule has 1 amide bonds. The number of anilines is 1. The number of rotatable bonds is 7. The maximum atomic E-state index is 12.1. The van der Waals surface area contributed by atoms with E-state index in [0.29, 0.717) is 0 Å². The maximum Gasteiger partial charge on any atom is 0.253 e. The predicted molar refractivity (Wildman–Crippen MR) is 77.1 cm³/mol. The van der Waals surface area contributed by atoms with Gasteiger partial charge in [0.1, 0.15) is 0 Å². The molecular formula is C15H24N2O. The van der Waals surface area contributed by atoms with Crippen LogP contribution in [0.25, 0.3) is 0 Å². The van der Waals surface area contributed by atoms with Crippen LogP contribution in [0.3, 0.4) is 0 Å². The van der Waals surface area contributed by atoms with Crippen molar-refractivity contribution in [2.24, 2.45) is 0 Å². The van der Waals surface area contributed by atoms with Crippen LogP contribution in [-0.2, 0) is 0 Å². The van der Waals surface area contributed by atoms with Crippen LogP contribution in [0.15, 0.2) is 24.3 Å². The fourth-order valence-corrected chi connectivity index (χ4v) is 1.86. The van der Waals surface area contributed by atoms with Crippen LogP contribution in [0.4, 0.5) is 5.69 Å². The molecule has 0 saturated carbocycles. The fraction of sp³-hybridized carbons (Fsp3) is 0.533. The van der Waals surface area contributed by atoms with Crippen LogP contribution in [0, 0.1) is 0 Å². The lowest BCUT2D eigenvalue weighted by atomic mass is 10.1. The van der Waals surface area contributed by atoms with E-state index in [1.807, 2.05) is 31.3 Å². The van der Waals surface area contributed by atoms with Gasteiger partial charge in [0.2, 0.25) is 0 Å². The van der Waals surface area contributed by atoms with E-state index in [0.717, 1.165) is 30.8 Å². The molecule has 3 heteroatoms. The maximum absolute atomic E-state index is 12.1. The molecule has 0 aromatic heterocycles. The van der Waals surface area contributed by atoms with Crippen LogP contribution in [0.5, 0.6) is 0 Å². The smallest absolute Gasteiger partial charge is 0.253 e. The summed E-state index contributed by atoms with van der Waals surface area (Å²) in [5.41, 5.74) is 1.82. The first kappa shape index (κ1) is 14.6. The third-order valence-corrected chi connectivity index (χ3v) is 2.96. The van der Waals surface area contributed by atoms with Gasteiger partial charge in [-0.1, -0.05) is 19.8 Å². The first-order valence-corrected chi connectivity index (χ1v) is 6.78. The molecule has 0 aliphatic rings. The minimum absolute atomic E-state index is 0.106. The largest absolute Gasteiger partial charge is 0.385 e. The highest BCUT2D eigenvalue weighted by Gasteiger charge is 2.10. The van der Waals surface area contributed by atoms with Crippen molar-refractivity contribution in [3.8, 4) is 0 Å². The van der Waals surface area contributed by atoms with Crippen LogP contribution in [0.2, 0.25) is 0 Å². The third kappa shape index (κ3) is 4.40. The van der Waals surface area contributed by atoms with Crippen LogP contribution in [0.1, 0.15) is 43.5 Å². The highest BCUT2D eigenvalue weighted by Crippen LogP contribution is 2.11. The van der Waals surface area contributed by atoms with Crippen LogP contribution in [-0.4, -0.2) is 30.9 Å². The molecule has 3 nitrogen and oxygen atoms in total. The molecule has 0 spiro atoms. The Kier molecular flexibility index (Phi) is 6.26. The summed E-state index contributed by atoms with van der Waals surface area (Å²) in [4.78, 5) is 13.9. The Morgan fingerprint density at radius 2 is 1.83 bits per heavy atom. The summed E-state index contributed by atoms with van der Waals surface area (Å²) >= 11 is 0. The van der Waals surface area contributed by atoms with E-state index in [4.69, 9.17) is 0 Å². The number of hydrogen-bond acceptors (Lipinski definition) is 2. The molecule has 1 N–H and O–H groups in total. The van der Waals surface area contributed by atoms with Crippen molar-refractivity contribution in [2.75, 3.05) is 25.5 Å². The number of carbonyl (C=O) groups excluding carboxylic acids is 1. The number of carbonyl (C=O) groups is 1. The zero-order chi connectivity index (χ0) is 13.4. The molecule has 0 fully saturated rings. The SMILES string of the molecule is CCCCCN(C)C(=O)c1ccc(NCC)cc1. The quantitative estimate of drug-likeness (QED) is 0.750. The van der Waals surface area contributed by atoms with E-state index >= 15 is 0 Å². The monoisotopic (exact) mass is 248 g/mol. The van der Waals surface area contributed by atoms with E-state index < -0.39 is 0 Å². The average Bonchev–Trinajstić information content (AvgIpc) is 2.39. The molecule has 0 saturated heterocycles. The van der Waals surface area contributed by atoms with Crippen LogP contribution >= 0.6 is 0 Å². The van der Waals surface area contributed by atoms with Gasteiger partial charge in [0.25, 0.3) is 5.91 Å². The molecule has 0 heterocycles. The van der Waals surface area contributed by atoms with Crippen LogP contribution < -0.4 is 5.32 Å². The molecule has 1 aromatic rings. The average molecular weight is 248 g/mol. The third-order valence-electron chi connectivity index (χ3n) is 2.96. The summed E-state index contributed by atoms with van der Waals surface area (Å²) in [5, 5.41) is 3.22. The molecule has 18 heavy (non-hydrogen) atoms. The molecule has 0 atom stereocenters. The molecule has 0 bridgehead atoms. The summed E-state index contributed by atoms with van der Waals surface area (Å²) in [7, 11) is 1.87. The summed E-state index contributed by atoms with van der Waals surface area (Å²) in [6.45, 7) is 5.95. The van der Waals surface area contributed by atoms with E-state index in [9.17, 15) is 4.79 Å². The Bertz CT molecular complexity index is 359. The number of amides is 1. The van der Waals surface area contributed by atoms with Gasteiger partial charge in [0.05, 0.1) is 0 Å². The normalized spacial score (nSPS) is 10.2. The summed E-state index contributed by atoms with van der Waals surface area (Å²) < 4.78 is 0. The minimum Gasteiger partial charge on any atom is -0.385 e. The summed E-state index contributed by atoms with van der Waals surface area (Å²) in [6.07, 6.45) is 3.44. The van der Waals surface area contributed by atoms with Crippen molar-refractivity contribution in [3.63, 3.8) is 0 Å². The van der Waals surface area contributed by atoms with Crippen molar-refractivity contribution in [1.82, 2.24) is 4.90 Å². The van der Waals surface area contributed by atoms with E-state index in [2.05, 4.69) is 19.2 Å². The molecule has 0 aliphatic carbocycles. The lowest BCUT2D eigenvalue weighted by Gasteiger charge is -2.17. The van der Waals surface area contributed by atoms with Crippen molar-refractivity contribution in [3.05, 3.63) is 29.8 Å². The second-order valence-corrected chi connectivity index (χ2v) is 4.54. The van der Waals surface area contributed by atoms with Crippen molar-refractivity contribution >= 4 is 11.6 Å². The molecule has 1 rings (SSSR count). The Hall–Kier alpha value is -1.51.